The summed E-state index contributed by atoms with van der Waals surface area (Å²) < 4.78 is 5.15. The predicted molar refractivity (Wildman–Crippen MR) is 73.2 cm³/mol. The van der Waals surface area contributed by atoms with Crippen LogP contribution in [0, 0.1) is 6.92 Å². The maximum Gasteiger partial charge on any atom is 0.255 e. The van der Waals surface area contributed by atoms with Crippen molar-refractivity contribution in [2.45, 2.75) is 32.2 Å². The maximum absolute atomic E-state index is 12.5. The first-order valence-electron chi connectivity index (χ1n) is 6.52. The van der Waals surface area contributed by atoms with Gasteiger partial charge >= 0.3 is 0 Å². The van der Waals surface area contributed by atoms with Crippen LogP contribution in [0.3, 0.4) is 0 Å². The minimum absolute atomic E-state index is 0.0543. The lowest BCUT2D eigenvalue weighted by Crippen LogP contribution is -2.38. The van der Waals surface area contributed by atoms with Gasteiger partial charge in [-0.2, -0.15) is 11.3 Å². The van der Waals surface area contributed by atoms with E-state index in [1.54, 1.807) is 11.3 Å². The molecule has 0 saturated carbocycles. The van der Waals surface area contributed by atoms with E-state index in [0.29, 0.717) is 0 Å². The van der Waals surface area contributed by atoms with Crippen LogP contribution in [-0.2, 0) is 0 Å². The van der Waals surface area contributed by atoms with E-state index >= 15 is 0 Å². The lowest BCUT2D eigenvalue weighted by atomic mass is 9.98. The van der Waals surface area contributed by atoms with Crippen molar-refractivity contribution < 1.29 is 9.32 Å². The fraction of sp³-hybridized carbons (Fsp3) is 0.429. The molecule has 0 spiro atoms. The quantitative estimate of drug-likeness (QED) is 0.844. The van der Waals surface area contributed by atoms with E-state index in [9.17, 15) is 4.79 Å². The van der Waals surface area contributed by atoms with Gasteiger partial charge in [-0.3, -0.25) is 4.79 Å². The monoisotopic (exact) mass is 276 g/mol. The summed E-state index contributed by atoms with van der Waals surface area (Å²) in [6.07, 6.45) is 3.15. The van der Waals surface area contributed by atoms with Crippen molar-refractivity contribution in [3.05, 3.63) is 39.9 Å². The van der Waals surface area contributed by atoms with Crippen molar-refractivity contribution in [2.24, 2.45) is 0 Å². The topological polar surface area (TPSA) is 46.3 Å². The molecule has 1 amide bonds. The van der Waals surface area contributed by atoms with Gasteiger partial charge in [0.15, 0.2) is 0 Å². The van der Waals surface area contributed by atoms with Crippen molar-refractivity contribution >= 4 is 17.2 Å². The average Bonchev–Trinajstić information content (AvgIpc) is 3.09. The molecule has 5 heteroatoms. The van der Waals surface area contributed by atoms with E-state index in [1.807, 2.05) is 34.7 Å². The predicted octanol–water partition coefficient (Wildman–Crippen LogP) is 3.41. The summed E-state index contributed by atoms with van der Waals surface area (Å²) in [6.45, 7) is 2.68. The fourth-order valence-corrected chi connectivity index (χ4v) is 3.21. The summed E-state index contributed by atoms with van der Waals surface area (Å²) in [6, 6.07) is 3.87. The van der Waals surface area contributed by atoms with Crippen molar-refractivity contribution in [1.29, 1.82) is 0 Å². The number of aromatic nitrogens is 1. The molecule has 1 unspecified atom stereocenters. The smallest absolute Gasteiger partial charge is 0.255 e. The van der Waals surface area contributed by atoms with E-state index in [2.05, 4.69) is 5.16 Å². The van der Waals surface area contributed by atoms with Gasteiger partial charge in [-0.1, -0.05) is 5.16 Å². The van der Waals surface area contributed by atoms with Crippen molar-refractivity contribution in [2.75, 3.05) is 6.54 Å². The van der Waals surface area contributed by atoms with Gasteiger partial charge in [0.05, 0.1) is 11.6 Å². The van der Waals surface area contributed by atoms with Crippen LogP contribution in [0.4, 0.5) is 0 Å². The van der Waals surface area contributed by atoms with E-state index in [-0.39, 0.29) is 11.9 Å². The zero-order valence-corrected chi connectivity index (χ0v) is 11.7. The van der Waals surface area contributed by atoms with E-state index < -0.39 is 0 Å². The molecule has 19 heavy (non-hydrogen) atoms. The second-order valence-corrected chi connectivity index (χ2v) is 5.66. The van der Waals surface area contributed by atoms with Gasteiger partial charge in [0.25, 0.3) is 5.91 Å². The molecular formula is C14H16N2O2S. The standard InChI is InChI=1S/C14H16N2O2S/c1-10-8-12(15-18-10)13-4-2-3-6-16(13)14(17)11-5-7-19-9-11/h5,7-9,13H,2-4,6H2,1H3. The highest BCUT2D eigenvalue weighted by molar-refractivity contribution is 7.08. The Balaban J connectivity index is 1.87. The second kappa shape index (κ2) is 5.17. The minimum Gasteiger partial charge on any atom is -0.361 e. The summed E-state index contributed by atoms with van der Waals surface area (Å²) in [5.74, 6) is 0.898. The molecule has 1 saturated heterocycles. The maximum atomic E-state index is 12.5. The molecule has 1 atom stereocenters. The average molecular weight is 276 g/mol. The second-order valence-electron chi connectivity index (χ2n) is 4.88. The lowest BCUT2D eigenvalue weighted by molar-refractivity contribution is 0.0602. The molecule has 3 rings (SSSR count). The number of piperidine rings is 1. The van der Waals surface area contributed by atoms with E-state index in [1.165, 1.54) is 0 Å². The molecular weight excluding hydrogens is 260 g/mol. The highest BCUT2D eigenvalue weighted by Crippen LogP contribution is 2.32. The normalized spacial score (nSPS) is 19.6. The van der Waals surface area contributed by atoms with Crippen LogP contribution in [0.5, 0.6) is 0 Å². The summed E-state index contributed by atoms with van der Waals surface area (Å²) in [4.78, 5) is 14.5. The number of carbonyl (C=O) groups is 1. The number of amides is 1. The number of likely N-dealkylation sites (tertiary alicyclic amines) is 1. The number of thiophene rings is 1. The summed E-state index contributed by atoms with van der Waals surface area (Å²) >= 11 is 1.55. The Morgan fingerprint density at radius 3 is 3.11 bits per heavy atom. The Hall–Kier alpha value is -1.62. The molecule has 0 N–H and O–H groups in total. The van der Waals surface area contributed by atoms with Crippen LogP contribution in [0.1, 0.15) is 47.1 Å². The van der Waals surface area contributed by atoms with Gasteiger partial charge in [0.2, 0.25) is 0 Å². The first-order chi connectivity index (χ1) is 9.25. The molecule has 0 radical (unpaired) electrons. The highest BCUT2D eigenvalue weighted by atomic mass is 32.1. The molecule has 0 aliphatic carbocycles. The number of rotatable bonds is 2. The molecule has 2 aromatic rings. The van der Waals surface area contributed by atoms with Gasteiger partial charge in [-0.25, -0.2) is 0 Å². The number of nitrogens with zero attached hydrogens (tertiary/aromatic N) is 2. The third-order valence-corrected chi connectivity index (χ3v) is 4.20. The third kappa shape index (κ3) is 2.42. The zero-order chi connectivity index (χ0) is 13.2. The summed E-state index contributed by atoms with van der Waals surface area (Å²) in [5.41, 5.74) is 1.65. The lowest BCUT2D eigenvalue weighted by Gasteiger charge is -2.34. The Kier molecular flexibility index (Phi) is 3.38. The van der Waals surface area contributed by atoms with Crippen molar-refractivity contribution in [1.82, 2.24) is 10.1 Å². The molecule has 100 valence electrons. The first-order valence-corrected chi connectivity index (χ1v) is 7.46. The SMILES string of the molecule is Cc1cc(C2CCCCN2C(=O)c2ccsc2)no1. The van der Waals surface area contributed by atoms with Crippen LogP contribution in [0.25, 0.3) is 0 Å². The van der Waals surface area contributed by atoms with E-state index in [0.717, 1.165) is 42.8 Å². The Morgan fingerprint density at radius 1 is 1.53 bits per heavy atom. The van der Waals surface area contributed by atoms with Gasteiger partial charge < -0.3 is 9.42 Å². The van der Waals surface area contributed by atoms with Crippen LogP contribution in [0.2, 0.25) is 0 Å². The Bertz CT molecular complexity index is 562. The molecule has 3 heterocycles. The van der Waals surface area contributed by atoms with Crippen molar-refractivity contribution in [3.63, 3.8) is 0 Å². The number of hydrogen-bond acceptors (Lipinski definition) is 4. The molecule has 2 aromatic heterocycles. The molecule has 0 aromatic carbocycles. The van der Waals surface area contributed by atoms with E-state index in [4.69, 9.17) is 4.52 Å². The van der Waals surface area contributed by atoms with Crippen molar-refractivity contribution in [3.8, 4) is 0 Å². The van der Waals surface area contributed by atoms with Crippen LogP contribution >= 0.6 is 11.3 Å². The molecule has 1 fully saturated rings. The first kappa shape index (κ1) is 12.4. The molecule has 0 bridgehead atoms. The Morgan fingerprint density at radius 2 is 2.42 bits per heavy atom. The minimum atomic E-state index is 0.0543. The number of hydrogen-bond donors (Lipinski definition) is 0. The molecule has 1 aliphatic heterocycles. The fourth-order valence-electron chi connectivity index (χ4n) is 2.58. The van der Waals surface area contributed by atoms with Gasteiger partial charge in [-0.05, 0) is 37.6 Å². The zero-order valence-electron chi connectivity index (χ0n) is 10.8. The molecule has 4 nitrogen and oxygen atoms in total. The van der Waals surface area contributed by atoms with Gasteiger partial charge in [0.1, 0.15) is 11.5 Å². The van der Waals surface area contributed by atoms with Crippen LogP contribution < -0.4 is 0 Å². The third-order valence-electron chi connectivity index (χ3n) is 3.52. The Labute approximate surface area is 116 Å². The largest absolute Gasteiger partial charge is 0.361 e. The van der Waals surface area contributed by atoms with Crippen LogP contribution in [-0.4, -0.2) is 22.5 Å². The number of aryl methyl sites for hydroxylation is 1. The molecule has 1 aliphatic rings. The number of carbonyl (C=O) groups excluding carboxylic acids is 1. The van der Waals surface area contributed by atoms with Gasteiger partial charge in [0, 0.05) is 18.0 Å². The van der Waals surface area contributed by atoms with Crippen LogP contribution in [0.15, 0.2) is 27.4 Å². The summed E-state index contributed by atoms with van der Waals surface area (Å²) in [5, 5.41) is 7.93. The highest BCUT2D eigenvalue weighted by Gasteiger charge is 2.30. The summed E-state index contributed by atoms with van der Waals surface area (Å²) in [7, 11) is 0. The van der Waals surface area contributed by atoms with Gasteiger partial charge in [-0.15, -0.1) is 0 Å².